The number of nitrogens with one attached hydrogen (secondary N) is 2. The van der Waals surface area contributed by atoms with E-state index in [1.54, 1.807) is 12.1 Å². The zero-order valence-electron chi connectivity index (χ0n) is 11.0. The maximum Gasteiger partial charge on any atom is 0.261 e. The Bertz CT molecular complexity index is 1050. The number of aromatic amines is 2. The Hall–Kier alpha value is -2.50. The molecule has 0 fully saturated rings. The van der Waals surface area contributed by atoms with Crippen LogP contribution in [0, 0.1) is 16.1 Å². The van der Waals surface area contributed by atoms with Crippen molar-refractivity contribution in [3.63, 3.8) is 0 Å². The predicted molar refractivity (Wildman–Crippen MR) is 89.8 cm³/mol. The molecule has 0 spiro atoms. The maximum atomic E-state index is 12.3. The Morgan fingerprint density at radius 2 is 1.95 bits per heavy atom. The van der Waals surface area contributed by atoms with Gasteiger partial charge in [-0.3, -0.25) is 9.78 Å². The van der Waals surface area contributed by atoms with Gasteiger partial charge >= 0.3 is 0 Å². The number of nitriles is 1. The van der Waals surface area contributed by atoms with Gasteiger partial charge in [-0.2, -0.15) is 5.26 Å². The molecule has 2 heterocycles. The third-order valence-corrected chi connectivity index (χ3v) is 3.89. The summed E-state index contributed by atoms with van der Waals surface area (Å²) in [5.41, 5.74) is 6.98. The number of fused-ring (bicyclic) bond motifs is 1. The van der Waals surface area contributed by atoms with E-state index in [0.717, 1.165) is 4.47 Å². The molecule has 6 nitrogen and oxygen atoms in total. The fourth-order valence-electron chi connectivity index (χ4n) is 2.24. The number of rotatable bonds is 1. The van der Waals surface area contributed by atoms with Gasteiger partial charge in [-0.05, 0) is 29.9 Å². The second kappa shape index (κ2) is 5.36. The van der Waals surface area contributed by atoms with Crippen LogP contribution in [0.3, 0.4) is 0 Å². The topological polar surface area (TPSA) is 111 Å². The lowest BCUT2D eigenvalue weighted by Gasteiger charge is -2.10. The minimum atomic E-state index is -0.416. The van der Waals surface area contributed by atoms with Gasteiger partial charge in [0.1, 0.15) is 23.1 Å². The summed E-state index contributed by atoms with van der Waals surface area (Å²) in [5.74, 6) is 0.0455. The second-order valence-corrected chi connectivity index (χ2v) is 5.82. The Morgan fingerprint density at radius 3 is 2.59 bits per heavy atom. The van der Waals surface area contributed by atoms with Gasteiger partial charge in [0.2, 0.25) is 0 Å². The van der Waals surface area contributed by atoms with Crippen molar-refractivity contribution in [2.24, 2.45) is 0 Å². The molecule has 0 aliphatic heterocycles. The van der Waals surface area contributed by atoms with Gasteiger partial charge in [0.05, 0.1) is 5.39 Å². The van der Waals surface area contributed by atoms with E-state index < -0.39 is 5.56 Å². The fraction of sp³-hybridized carbons (Fsp3) is 0. The molecule has 0 aliphatic carbocycles. The first-order valence-electron chi connectivity index (χ1n) is 6.13. The standard InChI is InChI=1S/C14H8BrN5OS/c15-7-3-1-6(2-4-7)9-8(5-16)11(17)18-12-10(9)13(21)20-14(22)19-12/h1-4H,(H4,17,18,19,20,21,22). The van der Waals surface area contributed by atoms with Crippen LogP contribution >= 0.6 is 28.1 Å². The van der Waals surface area contributed by atoms with Gasteiger partial charge < -0.3 is 10.7 Å². The summed E-state index contributed by atoms with van der Waals surface area (Å²) in [6, 6.07) is 9.24. The number of benzene rings is 1. The Labute approximate surface area is 137 Å². The number of hydrogen-bond donors (Lipinski definition) is 3. The average Bonchev–Trinajstić information content (AvgIpc) is 2.46. The highest BCUT2D eigenvalue weighted by atomic mass is 79.9. The number of hydrogen-bond acceptors (Lipinski definition) is 5. The molecule has 3 aromatic rings. The van der Waals surface area contributed by atoms with Crippen LogP contribution in [0.2, 0.25) is 0 Å². The molecule has 22 heavy (non-hydrogen) atoms. The zero-order valence-corrected chi connectivity index (χ0v) is 13.4. The lowest BCUT2D eigenvalue weighted by Crippen LogP contribution is -2.12. The predicted octanol–water partition coefficient (Wildman–Crippen LogP) is 2.86. The number of anilines is 1. The van der Waals surface area contributed by atoms with E-state index >= 15 is 0 Å². The van der Waals surface area contributed by atoms with Crippen LogP contribution in [-0.4, -0.2) is 15.0 Å². The van der Waals surface area contributed by atoms with Crippen LogP contribution in [0.5, 0.6) is 0 Å². The van der Waals surface area contributed by atoms with Crippen LogP contribution in [0.25, 0.3) is 22.2 Å². The van der Waals surface area contributed by atoms with E-state index in [1.807, 2.05) is 18.2 Å². The van der Waals surface area contributed by atoms with Crippen LogP contribution in [0.15, 0.2) is 33.5 Å². The van der Waals surface area contributed by atoms with Crippen molar-refractivity contribution in [3.05, 3.63) is 49.4 Å². The highest BCUT2D eigenvalue weighted by molar-refractivity contribution is 9.10. The molecular formula is C14H8BrN5OS. The molecule has 0 bridgehead atoms. The van der Waals surface area contributed by atoms with Gasteiger partial charge in [-0.1, -0.05) is 28.1 Å². The van der Waals surface area contributed by atoms with Crippen molar-refractivity contribution in [2.45, 2.75) is 0 Å². The molecule has 0 amide bonds. The van der Waals surface area contributed by atoms with Crippen LogP contribution in [-0.2, 0) is 0 Å². The number of aromatic nitrogens is 3. The molecule has 1 aromatic carbocycles. The molecule has 0 radical (unpaired) electrons. The summed E-state index contributed by atoms with van der Waals surface area (Å²) in [6.07, 6.45) is 0. The summed E-state index contributed by atoms with van der Waals surface area (Å²) in [5, 5.41) is 9.65. The third kappa shape index (κ3) is 2.30. The highest BCUT2D eigenvalue weighted by Gasteiger charge is 2.18. The molecule has 4 N–H and O–H groups in total. The van der Waals surface area contributed by atoms with E-state index in [0.29, 0.717) is 11.1 Å². The molecule has 0 atom stereocenters. The lowest BCUT2D eigenvalue weighted by atomic mass is 9.98. The first-order chi connectivity index (χ1) is 10.5. The van der Waals surface area contributed by atoms with E-state index in [1.165, 1.54) is 0 Å². The third-order valence-electron chi connectivity index (χ3n) is 3.16. The molecule has 0 saturated carbocycles. The number of nitrogen functional groups attached to an aromatic ring is 1. The summed E-state index contributed by atoms with van der Waals surface area (Å²) < 4.78 is 1.03. The van der Waals surface area contributed by atoms with Gasteiger partial charge in [0.15, 0.2) is 4.77 Å². The number of nitrogens with two attached hydrogens (primary N) is 1. The molecule has 0 unspecified atom stereocenters. The molecule has 0 aliphatic rings. The Kier molecular flexibility index (Phi) is 3.52. The Balaban J connectivity index is 2.55. The van der Waals surface area contributed by atoms with Crippen molar-refractivity contribution in [1.82, 2.24) is 15.0 Å². The van der Waals surface area contributed by atoms with E-state index in [9.17, 15) is 10.1 Å². The molecule has 0 saturated heterocycles. The van der Waals surface area contributed by atoms with Gasteiger partial charge in [-0.15, -0.1) is 0 Å². The first kappa shape index (κ1) is 14.4. The monoisotopic (exact) mass is 373 g/mol. The molecule has 2 aromatic heterocycles. The van der Waals surface area contributed by atoms with Gasteiger partial charge in [-0.25, -0.2) is 4.98 Å². The molecule has 108 valence electrons. The number of H-pyrrole nitrogens is 2. The van der Waals surface area contributed by atoms with Crippen molar-refractivity contribution in [2.75, 3.05) is 5.73 Å². The highest BCUT2D eigenvalue weighted by Crippen LogP contribution is 2.31. The summed E-state index contributed by atoms with van der Waals surface area (Å²) >= 11 is 8.30. The summed E-state index contributed by atoms with van der Waals surface area (Å²) in [4.78, 5) is 21.7. The summed E-state index contributed by atoms with van der Waals surface area (Å²) in [7, 11) is 0. The minimum Gasteiger partial charge on any atom is -0.383 e. The fourth-order valence-corrected chi connectivity index (χ4v) is 2.69. The first-order valence-corrected chi connectivity index (χ1v) is 7.33. The van der Waals surface area contributed by atoms with Gasteiger partial charge in [0.25, 0.3) is 5.56 Å². The summed E-state index contributed by atoms with van der Waals surface area (Å²) in [6.45, 7) is 0. The normalized spacial score (nSPS) is 10.5. The number of halogens is 1. The van der Waals surface area contributed by atoms with Crippen LogP contribution in [0.1, 0.15) is 5.56 Å². The number of pyridine rings is 1. The second-order valence-electron chi connectivity index (χ2n) is 4.50. The molecular weight excluding hydrogens is 366 g/mol. The number of nitrogens with zero attached hydrogens (tertiary/aromatic N) is 2. The van der Waals surface area contributed by atoms with E-state index in [4.69, 9.17) is 18.0 Å². The lowest BCUT2D eigenvalue weighted by molar-refractivity contribution is 1.11. The maximum absolute atomic E-state index is 12.3. The van der Waals surface area contributed by atoms with E-state index in [2.05, 4.69) is 30.9 Å². The van der Waals surface area contributed by atoms with Crippen LogP contribution < -0.4 is 11.3 Å². The van der Waals surface area contributed by atoms with Crippen molar-refractivity contribution < 1.29 is 0 Å². The Morgan fingerprint density at radius 1 is 1.27 bits per heavy atom. The molecule has 8 heteroatoms. The van der Waals surface area contributed by atoms with E-state index in [-0.39, 0.29) is 27.2 Å². The minimum absolute atomic E-state index is 0.0455. The zero-order chi connectivity index (χ0) is 15.9. The average molecular weight is 374 g/mol. The largest absolute Gasteiger partial charge is 0.383 e. The smallest absolute Gasteiger partial charge is 0.261 e. The SMILES string of the molecule is N#Cc1c(N)nc2[nH]c(=S)[nH]c(=O)c2c1-c1ccc(Br)cc1. The van der Waals surface area contributed by atoms with Crippen molar-refractivity contribution in [3.8, 4) is 17.2 Å². The van der Waals surface area contributed by atoms with Gasteiger partial charge in [0, 0.05) is 10.0 Å². The molecule has 3 rings (SSSR count). The van der Waals surface area contributed by atoms with Crippen LogP contribution in [0.4, 0.5) is 5.82 Å². The quantitative estimate of drug-likeness (QED) is 0.567. The van der Waals surface area contributed by atoms with Crippen molar-refractivity contribution >= 4 is 45.0 Å². The van der Waals surface area contributed by atoms with Crippen molar-refractivity contribution in [1.29, 1.82) is 5.26 Å².